The van der Waals surface area contributed by atoms with Gasteiger partial charge in [0.25, 0.3) is 0 Å². The van der Waals surface area contributed by atoms with Crippen LogP contribution >= 0.6 is 27.3 Å². The minimum atomic E-state index is -0.354. The third kappa shape index (κ3) is 3.81. The van der Waals surface area contributed by atoms with Gasteiger partial charge < -0.3 is 10.0 Å². The SMILES string of the molecule is CCC(O)c1ccc(N(C)Cc2cc(Br)cs2)cc1. The van der Waals surface area contributed by atoms with E-state index in [0.717, 1.165) is 28.7 Å². The Morgan fingerprint density at radius 2 is 2.00 bits per heavy atom. The molecular formula is C15H18BrNOS. The van der Waals surface area contributed by atoms with E-state index in [9.17, 15) is 5.11 Å². The van der Waals surface area contributed by atoms with Crippen LogP contribution in [-0.4, -0.2) is 12.2 Å². The van der Waals surface area contributed by atoms with Gasteiger partial charge in [0.2, 0.25) is 0 Å². The molecule has 1 heterocycles. The predicted octanol–water partition coefficient (Wildman–Crippen LogP) is 4.59. The van der Waals surface area contributed by atoms with Crippen molar-refractivity contribution in [2.75, 3.05) is 11.9 Å². The molecule has 2 aromatic rings. The number of thiophene rings is 1. The second-order valence-electron chi connectivity index (χ2n) is 4.60. The van der Waals surface area contributed by atoms with Crippen LogP contribution in [0.15, 0.2) is 40.2 Å². The largest absolute Gasteiger partial charge is 0.388 e. The molecule has 19 heavy (non-hydrogen) atoms. The summed E-state index contributed by atoms with van der Waals surface area (Å²) in [6.45, 7) is 2.88. The van der Waals surface area contributed by atoms with Crippen LogP contribution in [0.2, 0.25) is 0 Å². The second kappa shape index (κ2) is 6.55. The van der Waals surface area contributed by atoms with Crippen LogP contribution in [-0.2, 0) is 6.54 Å². The number of aliphatic hydroxyl groups is 1. The lowest BCUT2D eigenvalue weighted by Gasteiger charge is -2.19. The molecule has 0 fully saturated rings. The summed E-state index contributed by atoms with van der Waals surface area (Å²) in [6.07, 6.45) is 0.394. The topological polar surface area (TPSA) is 23.5 Å². The van der Waals surface area contributed by atoms with Crippen LogP contribution in [0.3, 0.4) is 0 Å². The summed E-state index contributed by atoms with van der Waals surface area (Å²) in [5.74, 6) is 0. The van der Waals surface area contributed by atoms with Gasteiger partial charge in [-0.05, 0) is 46.1 Å². The van der Waals surface area contributed by atoms with Crippen molar-refractivity contribution in [3.05, 3.63) is 50.6 Å². The molecule has 1 atom stereocenters. The van der Waals surface area contributed by atoms with Crippen molar-refractivity contribution in [2.24, 2.45) is 0 Å². The number of nitrogens with zero attached hydrogens (tertiary/aromatic N) is 1. The normalized spacial score (nSPS) is 12.4. The Labute approximate surface area is 126 Å². The van der Waals surface area contributed by atoms with E-state index in [4.69, 9.17) is 0 Å². The Kier molecular flexibility index (Phi) is 5.02. The highest BCUT2D eigenvalue weighted by Crippen LogP contribution is 2.24. The van der Waals surface area contributed by atoms with Crippen LogP contribution in [0.1, 0.15) is 29.9 Å². The van der Waals surface area contributed by atoms with Gasteiger partial charge in [-0.15, -0.1) is 11.3 Å². The molecule has 1 aromatic carbocycles. The molecule has 0 amide bonds. The first-order valence-electron chi connectivity index (χ1n) is 6.32. The molecule has 0 aliphatic rings. The van der Waals surface area contributed by atoms with Crippen LogP contribution in [0, 0.1) is 0 Å². The molecule has 0 radical (unpaired) electrons. The third-order valence-corrected chi connectivity index (χ3v) is 4.80. The Hall–Kier alpha value is -0.840. The zero-order valence-electron chi connectivity index (χ0n) is 11.1. The Balaban J connectivity index is 2.05. The lowest BCUT2D eigenvalue weighted by Crippen LogP contribution is -2.15. The summed E-state index contributed by atoms with van der Waals surface area (Å²) in [6, 6.07) is 10.3. The molecule has 2 nitrogen and oxygen atoms in total. The number of aliphatic hydroxyl groups excluding tert-OH is 1. The van der Waals surface area contributed by atoms with E-state index in [1.807, 2.05) is 19.1 Å². The molecule has 0 saturated carbocycles. The number of benzene rings is 1. The van der Waals surface area contributed by atoms with Crippen molar-refractivity contribution in [2.45, 2.75) is 26.0 Å². The van der Waals surface area contributed by atoms with Crippen LogP contribution < -0.4 is 4.90 Å². The number of rotatable bonds is 5. The molecule has 0 aliphatic carbocycles. The van der Waals surface area contributed by atoms with Gasteiger partial charge >= 0.3 is 0 Å². The fourth-order valence-corrected chi connectivity index (χ4v) is 3.45. The fraction of sp³-hybridized carbons (Fsp3) is 0.333. The zero-order chi connectivity index (χ0) is 13.8. The van der Waals surface area contributed by atoms with Gasteiger partial charge in [0.1, 0.15) is 0 Å². The van der Waals surface area contributed by atoms with Gasteiger partial charge in [-0.1, -0.05) is 19.1 Å². The third-order valence-electron chi connectivity index (χ3n) is 3.12. The highest BCUT2D eigenvalue weighted by Gasteiger charge is 2.07. The number of hydrogen-bond acceptors (Lipinski definition) is 3. The summed E-state index contributed by atoms with van der Waals surface area (Å²) >= 11 is 5.23. The Morgan fingerprint density at radius 1 is 1.32 bits per heavy atom. The molecular weight excluding hydrogens is 322 g/mol. The van der Waals surface area contributed by atoms with E-state index in [2.05, 4.69) is 51.5 Å². The fourth-order valence-electron chi connectivity index (χ4n) is 1.95. The van der Waals surface area contributed by atoms with Crippen LogP contribution in [0.25, 0.3) is 0 Å². The van der Waals surface area contributed by atoms with E-state index < -0.39 is 0 Å². The zero-order valence-corrected chi connectivity index (χ0v) is 13.5. The maximum absolute atomic E-state index is 9.78. The molecule has 2 rings (SSSR count). The average Bonchev–Trinajstić information content (AvgIpc) is 2.83. The van der Waals surface area contributed by atoms with Gasteiger partial charge in [0.05, 0.1) is 12.6 Å². The van der Waals surface area contributed by atoms with Crippen LogP contribution in [0.4, 0.5) is 5.69 Å². The molecule has 1 unspecified atom stereocenters. The first-order chi connectivity index (χ1) is 9.10. The van der Waals surface area contributed by atoms with Gasteiger partial charge in [-0.3, -0.25) is 0 Å². The summed E-state index contributed by atoms with van der Waals surface area (Å²) in [5, 5.41) is 11.9. The molecule has 0 saturated heterocycles. The first kappa shape index (κ1) is 14.6. The maximum atomic E-state index is 9.78. The summed E-state index contributed by atoms with van der Waals surface area (Å²) in [5.41, 5.74) is 2.15. The molecule has 4 heteroatoms. The van der Waals surface area contributed by atoms with E-state index >= 15 is 0 Å². The lowest BCUT2D eigenvalue weighted by atomic mass is 10.1. The van der Waals surface area contributed by atoms with Crippen molar-refractivity contribution in [1.82, 2.24) is 0 Å². The minimum absolute atomic E-state index is 0.354. The predicted molar refractivity (Wildman–Crippen MR) is 85.8 cm³/mol. The summed E-state index contributed by atoms with van der Waals surface area (Å²) < 4.78 is 1.14. The van der Waals surface area contributed by atoms with E-state index in [0.29, 0.717) is 0 Å². The van der Waals surface area contributed by atoms with Crippen molar-refractivity contribution in [1.29, 1.82) is 0 Å². The van der Waals surface area contributed by atoms with Crippen molar-refractivity contribution in [3.8, 4) is 0 Å². The average molecular weight is 340 g/mol. The monoisotopic (exact) mass is 339 g/mol. The van der Waals surface area contributed by atoms with E-state index in [1.165, 1.54) is 4.88 Å². The quantitative estimate of drug-likeness (QED) is 0.860. The summed E-state index contributed by atoms with van der Waals surface area (Å²) in [7, 11) is 2.08. The minimum Gasteiger partial charge on any atom is -0.388 e. The molecule has 0 bridgehead atoms. The standard InChI is InChI=1S/C15H18BrNOS/c1-3-15(18)11-4-6-13(7-5-11)17(2)9-14-8-12(16)10-19-14/h4-8,10,15,18H,3,9H2,1-2H3. The highest BCUT2D eigenvalue weighted by atomic mass is 79.9. The Morgan fingerprint density at radius 3 is 2.53 bits per heavy atom. The number of anilines is 1. The van der Waals surface area contributed by atoms with Crippen molar-refractivity contribution < 1.29 is 5.11 Å². The number of hydrogen-bond donors (Lipinski definition) is 1. The molecule has 0 aliphatic heterocycles. The van der Waals surface area contributed by atoms with E-state index in [-0.39, 0.29) is 6.10 Å². The number of halogens is 1. The van der Waals surface area contributed by atoms with Gasteiger partial charge in [0.15, 0.2) is 0 Å². The lowest BCUT2D eigenvalue weighted by molar-refractivity contribution is 0.173. The molecule has 1 aromatic heterocycles. The van der Waals surface area contributed by atoms with Gasteiger partial charge in [-0.2, -0.15) is 0 Å². The van der Waals surface area contributed by atoms with Crippen molar-refractivity contribution in [3.63, 3.8) is 0 Å². The molecule has 0 spiro atoms. The first-order valence-corrected chi connectivity index (χ1v) is 7.99. The summed E-state index contributed by atoms with van der Waals surface area (Å²) in [4.78, 5) is 3.53. The van der Waals surface area contributed by atoms with Crippen LogP contribution in [0.5, 0.6) is 0 Å². The van der Waals surface area contributed by atoms with Gasteiger partial charge in [-0.25, -0.2) is 0 Å². The molecule has 1 N–H and O–H groups in total. The molecule has 102 valence electrons. The highest BCUT2D eigenvalue weighted by molar-refractivity contribution is 9.10. The van der Waals surface area contributed by atoms with E-state index in [1.54, 1.807) is 11.3 Å². The Bertz CT molecular complexity index is 523. The smallest absolute Gasteiger partial charge is 0.0787 e. The van der Waals surface area contributed by atoms with Gasteiger partial charge in [0, 0.05) is 27.5 Å². The second-order valence-corrected chi connectivity index (χ2v) is 6.51. The van der Waals surface area contributed by atoms with Crippen molar-refractivity contribution >= 4 is 33.0 Å². The maximum Gasteiger partial charge on any atom is 0.0787 e.